The molecule has 3 nitrogen and oxygen atoms in total. The van der Waals surface area contributed by atoms with Gasteiger partial charge in [-0.15, -0.1) is 22.9 Å². The summed E-state index contributed by atoms with van der Waals surface area (Å²) in [6.45, 7) is 2.29. The Bertz CT molecular complexity index is 514. The fraction of sp³-hybridized carbons (Fsp3) is 0.667. The quantitative estimate of drug-likeness (QED) is 0.847. The molecule has 1 aliphatic carbocycles. The van der Waals surface area contributed by atoms with Crippen LogP contribution in [0.5, 0.6) is 0 Å². The van der Waals surface area contributed by atoms with Crippen LogP contribution in [0.2, 0.25) is 4.34 Å². The van der Waals surface area contributed by atoms with Crippen molar-refractivity contribution >= 4 is 44.6 Å². The summed E-state index contributed by atoms with van der Waals surface area (Å²) in [5.74, 6) is 0.390. The van der Waals surface area contributed by atoms with E-state index in [1.165, 1.54) is 0 Å². The highest BCUT2D eigenvalue weighted by Crippen LogP contribution is 2.31. The fourth-order valence-electron chi connectivity index (χ4n) is 2.19. The molecule has 0 aromatic carbocycles. The van der Waals surface area contributed by atoms with E-state index in [1.54, 1.807) is 13.0 Å². The van der Waals surface area contributed by atoms with Gasteiger partial charge in [-0.2, -0.15) is 0 Å². The zero-order valence-corrected chi connectivity index (χ0v) is 13.8. The van der Waals surface area contributed by atoms with E-state index in [9.17, 15) is 8.42 Å². The minimum atomic E-state index is -3.42. The standard InChI is InChI=1S/C12H17Cl2NO2S2/c1-8-6-11(18-12(8)14)19(16,17)15-7-9-2-4-10(13)5-3-9/h6,9-10,15H,2-5,7H2,1H3. The summed E-state index contributed by atoms with van der Waals surface area (Å²) in [6.07, 6.45) is 3.91. The summed E-state index contributed by atoms with van der Waals surface area (Å²) < 4.78 is 27.7. The molecule has 108 valence electrons. The predicted molar refractivity (Wildman–Crippen MR) is 80.9 cm³/mol. The van der Waals surface area contributed by atoms with Gasteiger partial charge >= 0.3 is 0 Å². The van der Waals surface area contributed by atoms with Gasteiger partial charge in [0.05, 0.1) is 4.34 Å². The molecular formula is C12H17Cl2NO2S2. The van der Waals surface area contributed by atoms with Crippen LogP contribution < -0.4 is 4.72 Å². The van der Waals surface area contributed by atoms with Crippen LogP contribution in [0.15, 0.2) is 10.3 Å². The van der Waals surface area contributed by atoms with Crippen molar-refractivity contribution in [1.29, 1.82) is 0 Å². The first-order chi connectivity index (χ1) is 8.88. The van der Waals surface area contributed by atoms with Crippen molar-refractivity contribution in [2.75, 3.05) is 6.54 Å². The highest BCUT2D eigenvalue weighted by Gasteiger charge is 2.23. The van der Waals surface area contributed by atoms with E-state index in [2.05, 4.69) is 4.72 Å². The minimum Gasteiger partial charge on any atom is -0.210 e. The van der Waals surface area contributed by atoms with Gasteiger partial charge in [0.1, 0.15) is 4.21 Å². The van der Waals surface area contributed by atoms with Gasteiger partial charge in [-0.1, -0.05) is 11.6 Å². The van der Waals surface area contributed by atoms with Gasteiger partial charge in [0.25, 0.3) is 0 Å². The minimum absolute atomic E-state index is 0.256. The lowest BCUT2D eigenvalue weighted by atomic mass is 9.89. The molecule has 0 unspecified atom stereocenters. The maximum absolute atomic E-state index is 12.1. The van der Waals surface area contributed by atoms with Crippen LogP contribution in [0, 0.1) is 12.8 Å². The number of sulfonamides is 1. The maximum atomic E-state index is 12.1. The highest BCUT2D eigenvalue weighted by molar-refractivity contribution is 7.91. The van der Waals surface area contributed by atoms with Gasteiger partial charge in [-0.25, -0.2) is 13.1 Å². The number of aryl methyl sites for hydroxylation is 1. The van der Waals surface area contributed by atoms with Crippen LogP contribution in [0.4, 0.5) is 0 Å². The molecule has 0 spiro atoms. The molecule has 19 heavy (non-hydrogen) atoms. The molecule has 1 aromatic rings. The van der Waals surface area contributed by atoms with Gasteiger partial charge in [0.15, 0.2) is 0 Å². The van der Waals surface area contributed by atoms with Crippen LogP contribution in [-0.2, 0) is 10.0 Å². The van der Waals surface area contributed by atoms with E-state index in [4.69, 9.17) is 23.2 Å². The molecule has 0 atom stereocenters. The molecule has 1 saturated carbocycles. The topological polar surface area (TPSA) is 46.2 Å². The Kier molecular flexibility index (Phi) is 5.17. The third-order valence-electron chi connectivity index (χ3n) is 3.44. The third kappa shape index (κ3) is 4.08. The summed E-state index contributed by atoms with van der Waals surface area (Å²) >= 11 is 13.1. The Labute approximate surface area is 128 Å². The second kappa shape index (κ2) is 6.31. The van der Waals surface area contributed by atoms with Crippen molar-refractivity contribution in [3.05, 3.63) is 16.0 Å². The van der Waals surface area contributed by atoms with Gasteiger partial charge in [-0.05, 0) is 50.2 Å². The van der Waals surface area contributed by atoms with Crippen LogP contribution in [0.25, 0.3) is 0 Å². The van der Waals surface area contributed by atoms with Crippen molar-refractivity contribution in [2.45, 2.75) is 42.2 Å². The van der Waals surface area contributed by atoms with Crippen LogP contribution in [-0.4, -0.2) is 20.3 Å². The Balaban J connectivity index is 1.94. The monoisotopic (exact) mass is 341 g/mol. The smallest absolute Gasteiger partial charge is 0.210 e. The lowest BCUT2D eigenvalue weighted by Crippen LogP contribution is -2.31. The predicted octanol–water partition coefficient (Wildman–Crippen LogP) is 3.79. The van der Waals surface area contributed by atoms with E-state index < -0.39 is 10.0 Å². The van der Waals surface area contributed by atoms with E-state index >= 15 is 0 Å². The first-order valence-corrected chi connectivity index (χ1v) is 9.39. The normalized spacial score (nSPS) is 24.6. The fourth-order valence-corrected chi connectivity index (χ4v) is 5.31. The van der Waals surface area contributed by atoms with Crippen molar-refractivity contribution in [3.8, 4) is 0 Å². The Morgan fingerprint density at radius 3 is 2.53 bits per heavy atom. The number of alkyl halides is 1. The van der Waals surface area contributed by atoms with Crippen molar-refractivity contribution in [3.63, 3.8) is 0 Å². The molecule has 0 amide bonds. The number of halogens is 2. The van der Waals surface area contributed by atoms with Crippen molar-refractivity contribution in [2.24, 2.45) is 5.92 Å². The van der Waals surface area contributed by atoms with E-state index in [1.807, 2.05) is 0 Å². The average molecular weight is 342 g/mol. The molecule has 0 saturated heterocycles. The zero-order valence-electron chi connectivity index (χ0n) is 10.7. The van der Waals surface area contributed by atoms with Crippen LogP contribution >= 0.6 is 34.5 Å². The molecule has 0 aliphatic heterocycles. The second-order valence-corrected chi connectivity index (χ2v) is 9.26. The lowest BCUT2D eigenvalue weighted by molar-refractivity contribution is 0.361. The molecule has 2 rings (SSSR count). The molecular weight excluding hydrogens is 325 g/mol. The highest BCUT2D eigenvalue weighted by atomic mass is 35.5. The zero-order chi connectivity index (χ0) is 14.0. The summed E-state index contributed by atoms with van der Waals surface area (Å²) in [7, 11) is -3.42. The first kappa shape index (κ1) is 15.6. The van der Waals surface area contributed by atoms with Crippen LogP contribution in [0.1, 0.15) is 31.2 Å². The van der Waals surface area contributed by atoms with Gasteiger partial charge in [0, 0.05) is 11.9 Å². The molecule has 1 aliphatic rings. The molecule has 0 bridgehead atoms. The summed E-state index contributed by atoms with van der Waals surface area (Å²) in [5, 5.41) is 0.256. The van der Waals surface area contributed by atoms with Crippen molar-refractivity contribution in [1.82, 2.24) is 4.72 Å². The lowest BCUT2D eigenvalue weighted by Gasteiger charge is -2.24. The number of thiophene rings is 1. The Hall–Kier alpha value is 0.190. The third-order valence-corrected chi connectivity index (χ3v) is 7.33. The molecule has 7 heteroatoms. The Morgan fingerprint density at radius 1 is 1.37 bits per heavy atom. The molecule has 1 N–H and O–H groups in total. The van der Waals surface area contributed by atoms with E-state index in [0.717, 1.165) is 42.6 Å². The molecule has 0 radical (unpaired) electrons. The van der Waals surface area contributed by atoms with E-state index in [-0.39, 0.29) is 5.38 Å². The largest absolute Gasteiger partial charge is 0.250 e. The molecule has 1 fully saturated rings. The number of rotatable bonds is 4. The number of nitrogens with one attached hydrogen (secondary N) is 1. The summed E-state index contributed by atoms with van der Waals surface area (Å²) in [6, 6.07) is 1.62. The number of hydrogen-bond acceptors (Lipinski definition) is 3. The maximum Gasteiger partial charge on any atom is 0.250 e. The summed E-state index contributed by atoms with van der Waals surface area (Å²) in [5.41, 5.74) is 0.801. The SMILES string of the molecule is Cc1cc(S(=O)(=O)NCC2CCC(Cl)CC2)sc1Cl. The van der Waals surface area contributed by atoms with Crippen LogP contribution in [0.3, 0.4) is 0 Å². The Morgan fingerprint density at radius 2 is 2.00 bits per heavy atom. The second-order valence-electron chi connectivity index (χ2n) is 4.99. The van der Waals surface area contributed by atoms with Gasteiger partial charge in [-0.3, -0.25) is 0 Å². The van der Waals surface area contributed by atoms with Gasteiger partial charge in [0.2, 0.25) is 10.0 Å². The first-order valence-electron chi connectivity index (χ1n) is 6.28. The average Bonchev–Trinajstić information content (AvgIpc) is 2.70. The molecule has 1 heterocycles. The van der Waals surface area contributed by atoms with Gasteiger partial charge < -0.3 is 0 Å². The van der Waals surface area contributed by atoms with E-state index in [0.29, 0.717) is 21.0 Å². The summed E-state index contributed by atoms with van der Waals surface area (Å²) in [4.78, 5) is 0. The van der Waals surface area contributed by atoms with Crippen molar-refractivity contribution < 1.29 is 8.42 Å². The molecule has 1 aromatic heterocycles. The number of hydrogen-bond donors (Lipinski definition) is 1.